The highest BCUT2D eigenvalue weighted by atomic mass is 19.1. The molecule has 0 bridgehead atoms. The summed E-state index contributed by atoms with van der Waals surface area (Å²) in [4.78, 5) is 33.5. The fourth-order valence-corrected chi connectivity index (χ4v) is 2.25. The summed E-state index contributed by atoms with van der Waals surface area (Å²) < 4.78 is 13.6. The topological polar surface area (TPSA) is 113 Å². The van der Waals surface area contributed by atoms with Crippen LogP contribution in [0.2, 0.25) is 0 Å². The van der Waals surface area contributed by atoms with Gasteiger partial charge < -0.3 is 16.0 Å². The van der Waals surface area contributed by atoms with Gasteiger partial charge in [0.05, 0.1) is 28.4 Å². The lowest BCUT2D eigenvalue weighted by Gasteiger charge is -2.11. The van der Waals surface area contributed by atoms with Crippen molar-refractivity contribution < 1.29 is 18.9 Å². The maximum absolute atomic E-state index is 13.6. The second kappa shape index (κ2) is 8.06. The predicted octanol–water partition coefficient (Wildman–Crippen LogP) is 3.05. The van der Waals surface area contributed by atoms with Gasteiger partial charge in [-0.3, -0.25) is 19.7 Å². The van der Waals surface area contributed by atoms with E-state index in [1.807, 2.05) is 0 Å². The Balaban J connectivity index is 2.03. The summed E-state index contributed by atoms with van der Waals surface area (Å²) in [6.07, 6.45) is 0. The lowest BCUT2D eigenvalue weighted by molar-refractivity contribution is -0.385. The number of anilines is 3. The molecule has 0 aliphatic rings. The van der Waals surface area contributed by atoms with Crippen LogP contribution in [0.15, 0.2) is 36.4 Å². The van der Waals surface area contributed by atoms with Crippen LogP contribution < -0.4 is 16.0 Å². The zero-order valence-corrected chi connectivity index (χ0v) is 14.1. The van der Waals surface area contributed by atoms with Gasteiger partial charge in [0.2, 0.25) is 11.8 Å². The highest BCUT2D eigenvalue weighted by Gasteiger charge is 2.14. The summed E-state index contributed by atoms with van der Waals surface area (Å²) in [5.41, 5.74) is 1.03. The van der Waals surface area contributed by atoms with Crippen molar-refractivity contribution in [1.29, 1.82) is 0 Å². The Morgan fingerprint density at radius 2 is 1.88 bits per heavy atom. The molecular weight excluding hydrogens is 343 g/mol. The number of carbonyl (C=O) groups excluding carboxylic acids is 2. The van der Waals surface area contributed by atoms with Gasteiger partial charge in [0, 0.05) is 18.7 Å². The third-order valence-corrected chi connectivity index (χ3v) is 3.51. The molecule has 26 heavy (non-hydrogen) atoms. The third-order valence-electron chi connectivity index (χ3n) is 3.51. The summed E-state index contributed by atoms with van der Waals surface area (Å²) in [5.74, 6) is -1.44. The quantitative estimate of drug-likeness (QED) is 0.541. The van der Waals surface area contributed by atoms with E-state index in [0.717, 1.165) is 6.07 Å². The zero-order valence-electron chi connectivity index (χ0n) is 14.1. The van der Waals surface area contributed by atoms with Crippen molar-refractivity contribution in [3.63, 3.8) is 0 Å². The molecule has 0 radical (unpaired) electrons. The number of nitro benzene ring substituents is 1. The van der Waals surface area contributed by atoms with Crippen molar-refractivity contribution in [2.24, 2.45) is 0 Å². The standard InChI is InChI=1S/C17H17FN4O4/c1-10-14(4-3-5-16(10)22(25)26)21-17(24)9-19-12-6-7-13(18)15(8-12)20-11(2)23/h3-8,19H,9H2,1-2H3,(H,20,23)(H,21,24). The van der Waals surface area contributed by atoms with Crippen LogP contribution in [0.5, 0.6) is 0 Å². The molecular formula is C17H17FN4O4. The van der Waals surface area contributed by atoms with Crippen molar-refractivity contribution >= 4 is 34.6 Å². The molecule has 0 aliphatic heterocycles. The Morgan fingerprint density at radius 3 is 2.54 bits per heavy atom. The van der Waals surface area contributed by atoms with Crippen molar-refractivity contribution in [2.75, 3.05) is 22.5 Å². The Morgan fingerprint density at radius 1 is 1.15 bits per heavy atom. The summed E-state index contributed by atoms with van der Waals surface area (Å²) in [7, 11) is 0. The fourth-order valence-electron chi connectivity index (χ4n) is 2.25. The molecule has 9 heteroatoms. The average molecular weight is 360 g/mol. The number of halogens is 1. The molecule has 8 nitrogen and oxygen atoms in total. The number of nitrogens with one attached hydrogen (secondary N) is 3. The normalized spacial score (nSPS) is 10.1. The molecule has 0 saturated heterocycles. The molecule has 2 aromatic rings. The van der Waals surface area contributed by atoms with E-state index in [9.17, 15) is 24.1 Å². The van der Waals surface area contributed by atoms with Crippen LogP contribution >= 0.6 is 0 Å². The summed E-state index contributed by atoms with van der Waals surface area (Å²) >= 11 is 0. The molecule has 2 rings (SSSR count). The van der Waals surface area contributed by atoms with Gasteiger partial charge in [0.1, 0.15) is 5.82 Å². The lowest BCUT2D eigenvalue weighted by atomic mass is 10.1. The molecule has 0 aromatic heterocycles. The van der Waals surface area contributed by atoms with Crippen molar-refractivity contribution in [2.45, 2.75) is 13.8 Å². The van der Waals surface area contributed by atoms with E-state index in [4.69, 9.17) is 0 Å². The van der Waals surface area contributed by atoms with Crippen molar-refractivity contribution in [1.82, 2.24) is 0 Å². The third kappa shape index (κ3) is 4.76. The van der Waals surface area contributed by atoms with Gasteiger partial charge in [0.15, 0.2) is 0 Å². The van der Waals surface area contributed by atoms with Crippen LogP contribution in [0.1, 0.15) is 12.5 Å². The lowest BCUT2D eigenvalue weighted by Crippen LogP contribution is -2.22. The SMILES string of the molecule is CC(=O)Nc1cc(NCC(=O)Nc2cccc([N+](=O)[O-])c2C)ccc1F. The first kappa shape index (κ1) is 18.8. The van der Waals surface area contributed by atoms with Gasteiger partial charge in [-0.15, -0.1) is 0 Å². The minimum absolute atomic E-state index is 0.00237. The smallest absolute Gasteiger partial charge is 0.274 e. The van der Waals surface area contributed by atoms with E-state index in [-0.39, 0.29) is 17.9 Å². The van der Waals surface area contributed by atoms with Gasteiger partial charge in [-0.2, -0.15) is 0 Å². The van der Waals surface area contributed by atoms with E-state index >= 15 is 0 Å². The Kier molecular flexibility index (Phi) is 5.84. The largest absolute Gasteiger partial charge is 0.376 e. The van der Waals surface area contributed by atoms with Crippen molar-refractivity contribution in [3.05, 3.63) is 57.9 Å². The number of hydrogen-bond acceptors (Lipinski definition) is 5. The van der Waals surface area contributed by atoms with E-state index in [1.54, 1.807) is 13.0 Å². The van der Waals surface area contributed by atoms with Crippen LogP contribution in [0.25, 0.3) is 0 Å². The number of amides is 2. The molecule has 0 aliphatic carbocycles. The molecule has 136 valence electrons. The van der Waals surface area contributed by atoms with Crippen LogP contribution in [0, 0.1) is 22.9 Å². The molecule has 2 amide bonds. The second-order valence-electron chi connectivity index (χ2n) is 5.48. The number of benzene rings is 2. The fraction of sp³-hybridized carbons (Fsp3) is 0.176. The minimum Gasteiger partial charge on any atom is -0.376 e. The molecule has 3 N–H and O–H groups in total. The number of hydrogen-bond donors (Lipinski definition) is 3. The molecule has 0 atom stereocenters. The zero-order chi connectivity index (χ0) is 19.3. The Hall–Kier alpha value is -3.49. The molecule has 0 saturated carbocycles. The summed E-state index contributed by atoms with van der Waals surface area (Å²) in [6.45, 7) is 2.66. The highest BCUT2D eigenvalue weighted by molar-refractivity contribution is 5.95. The first-order valence-corrected chi connectivity index (χ1v) is 7.63. The first-order chi connectivity index (χ1) is 12.3. The predicted molar refractivity (Wildman–Crippen MR) is 95.7 cm³/mol. The van der Waals surface area contributed by atoms with Crippen LogP contribution in [-0.2, 0) is 9.59 Å². The van der Waals surface area contributed by atoms with E-state index < -0.39 is 22.6 Å². The van der Waals surface area contributed by atoms with Crippen LogP contribution in [-0.4, -0.2) is 23.3 Å². The van der Waals surface area contributed by atoms with Crippen molar-refractivity contribution in [3.8, 4) is 0 Å². The number of nitro groups is 1. The van der Waals surface area contributed by atoms with E-state index in [1.165, 1.54) is 31.2 Å². The first-order valence-electron chi connectivity index (χ1n) is 7.63. The minimum atomic E-state index is -0.595. The number of carbonyl (C=O) groups is 2. The second-order valence-corrected chi connectivity index (χ2v) is 5.48. The monoisotopic (exact) mass is 360 g/mol. The summed E-state index contributed by atoms with van der Waals surface area (Å²) in [6, 6.07) is 8.34. The molecule has 2 aromatic carbocycles. The van der Waals surface area contributed by atoms with Gasteiger partial charge >= 0.3 is 0 Å². The van der Waals surface area contributed by atoms with E-state index in [0.29, 0.717) is 16.9 Å². The maximum atomic E-state index is 13.6. The highest BCUT2D eigenvalue weighted by Crippen LogP contribution is 2.25. The van der Waals surface area contributed by atoms with E-state index in [2.05, 4.69) is 16.0 Å². The molecule has 0 heterocycles. The Bertz CT molecular complexity index is 870. The van der Waals surface area contributed by atoms with Crippen LogP contribution in [0.4, 0.5) is 27.1 Å². The molecule has 0 unspecified atom stereocenters. The number of nitrogens with zero attached hydrogens (tertiary/aromatic N) is 1. The Labute approximate surface area is 148 Å². The average Bonchev–Trinajstić information content (AvgIpc) is 2.56. The molecule has 0 spiro atoms. The van der Waals surface area contributed by atoms with Gasteiger partial charge in [0.25, 0.3) is 5.69 Å². The maximum Gasteiger partial charge on any atom is 0.274 e. The van der Waals surface area contributed by atoms with Gasteiger partial charge in [-0.25, -0.2) is 4.39 Å². The summed E-state index contributed by atoms with van der Waals surface area (Å²) in [5, 5.41) is 18.7. The number of rotatable bonds is 6. The molecule has 0 fully saturated rings. The van der Waals surface area contributed by atoms with Gasteiger partial charge in [-0.05, 0) is 31.2 Å². The van der Waals surface area contributed by atoms with Gasteiger partial charge in [-0.1, -0.05) is 6.07 Å². The van der Waals surface area contributed by atoms with Crippen LogP contribution in [0.3, 0.4) is 0 Å².